The van der Waals surface area contributed by atoms with Gasteiger partial charge in [0.05, 0.1) is 24.9 Å². The van der Waals surface area contributed by atoms with Crippen LogP contribution < -0.4 is 15.0 Å². The van der Waals surface area contributed by atoms with Crippen molar-refractivity contribution in [1.82, 2.24) is 9.78 Å². The average Bonchev–Trinajstić information content (AvgIpc) is 3.08. The highest BCUT2D eigenvalue weighted by Gasteiger charge is 2.27. The zero-order chi connectivity index (χ0) is 21.0. The highest BCUT2D eigenvalue weighted by atomic mass is 16.5. The first-order valence-corrected chi connectivity index (χ1v) is 9.43. The smallest absolute Gasteiger partial charge is 0.326 e. The number of aromatic nitrogens is 2. The van der Waals surface area contributed by atoms with E-state index in [-0.39, 0.29) is 31.5 Å². The molecule has 0 aliphatic carbocycles. The quantitative estimate of drug-likeness (QED) is 0.746. The van der Waals surface area contributed by atoms with Crippen molar-refractivity contribution in [3.63, 3.8) is 0 Å². The van der Waals surface area contributed by atoms with E-state index in [0.29, 0.717) is 17.3 Å². The Hall–Kier alpha value is -3.36. The van der Waals surface area contributed by atoms with E-state index in [1.54, 1.807) is 41.2 Å². The number of fused-ring (bicyclic) bond motifs is 1. The first kappa shape index (κ1) is 20.4. The number of para-hydroxylation sites is 2. The van der Waals surface area contributed by atoms with Crippen molar-refractivity contribution >= 4 is 29.3 Å². The Kier molecular flexibility index (Phi) is 6.16. The lowest BCUT2D eigenvalue weighted by molar-refractivity contribution is -0.152. The van der Waals surface area contributed by atoms with Crippen molar-refractivity contribution in [1.29, 1.82) is 0 Å². The molecule has 2 amide bonds. The van der Waals surface area contributed by atoms with Crippen molar-refractivity contribution in [2.75, 3.05) is 23.4 Å². The van der Waals surface area contributed by atoms with Crippen LogP contribution in [0.5, 0.6) is 5.75 Å². The van der Waals surface area contributed by atoms with Gasteiger partial charge in [0.25, 0.3) is 5.91 Å². The molecule has 1 atom stereocenters. The van der Waals surface area contributed by atoms with Crippen LogP contribution in [0.3, 0.4) is 0 Å². The molecule has 0 saturated carbocycles. The van der Waals surface area contributed by atoms with Gasteiger partial charge in [0.2, 0.25) is 5.91 Å². The summed E-state index contributed by atoms with van der Waals surface area (Å²) in [4.78, 5) is 38.5. The van der Waals surface area contributed by atoms with Crippen molar-refractivity contribution in [3.05, 3.63) is 36.5 Å². The second-order valence-electron chi connectivity index (χ2n) is 6.92. The first-order chi connectivity index (χ1) is 13.9. The van der Waals surface area contributed by atoms with Crippen LogP contribution >= 0.6 is 0 Å². The number of hydrogen-bond acceptors (Lipinski definition) is 6. The summed E-state index contributed by atoms with van der Waals surface area (Å²) in [5, 5.41) is 6.84. The minimum atomic E-state index is -1.04. The Bertz CT molecular complexity index is 908. The fraction of sp³-hybridized carbons (Fsp3) is 0.400. The molecule has 0 saturated heterocycles. The number of nitrogens with one attached hydrogen (secondary N) is 1. The first-order valence-electron chi connectivity index (χ1n) is 9.43. The topological polar surface area (TPSA) is 103 Å². The van der Waals surface area contributed by atoms with Gasteiger partial charge in [-0.05, 0) is 32.9 Å². The highest BCUT2D eigenvalue weighted by molar-refractivity contribution is 6.00. The van der Waals surface area contributed by atoms with Gasteiger partial charge in [-0.1, -0.05) is 12.1 Å². The number of benzene rings is 1. The van der Waals surface area contributed by atoms with E-state index in [1.165, 1.54) is 11.8 Å². The van der Waals surface area contributed by atoms with Gasteiger partial charge in [-0.25, -0.2) is 4.68 Å². The number of hydrogen-bond donors (Lipinski definition) is 1. The molecular weight excluding hydrogens is 376 g/mol. The van der Waals surface area contributed by atoms with Crippen LogP contribution in [-0.4, -0.2) is 46.8 Å². The normalized spacial score (nSPS) is 14.6. The zero-order valence-corrected chi connectivity index (χ0v) is 16.6. The van der Waals surface area contributed by atoms with Crippen molar-refractivity contribution < 1.29 is 23.9 Å². The number of carbonyl (C=O) groups excluding carboxylic acids is 3. The molecule has 2 heterocycles. The summed E-state index contributed by atoms with van der Waals surface area (Å²) in [5.41, 5.74) is 0.505. The van der Waals surface area contributed by atoms with Crippen molar-refractivity contribution in [3.8, 4) is 5.75 Å². The zero-order valence-electron chi connectivity index (χ0n) is 16.6. The molecule has 0 radical (unpaired) electrons. The molecule has 1 aromatic carbocycles. The molecule has 0 fully saturated rings. The van der Waals surface area contributed by atoms with E-state index in [2.05, 4.69) is 10.4 Å². The Morgan fingerprint density at radius 2 is 2.00 bits per heavy atom. The third kappa shape index (κ3) is 4.74. The Morgan fingerprint density at radius 3 is 2.76 bits per heavy atom. The third-order valence-corrected chi connectivity index (χ3v) is 4.41. The van der Waals surface area contributed by atoms with Crippen LogP contribution in [0.1, 0.15) is 33.2 Å². The SMILES string of the molecule is CC(C)n1nccc1NC(=O)[C@@H](C)OC(=O)CN1C(=O)CCOc2ccccc21. The molecule has 0 unspecified atom stereocenters. The molecule has 9 heteroatoms. The second-order valence-corrected chi connectivity index (χ2v) is 6.92. The predicted octanol–water partition coefficient (Wildman–Crippen LogP) is 2.15. The molecule has 29 heavy (non-hydrogen) atoms. The fourth-order valence-electron chi connectivity index (χ4n) is 2.96. The minimum absolute atomic E-state index is 0.0643. The molecule has 9 nitrogen and oxygen atoms in total. The number of carbonyl (C=O) groups is 3. The molecule has 2 aromatic rings. The van der Waals surface area contributed by atoms with Gasteiger partial charge < -0.3 is 14.8 Å². The summed E-state index contributed by atoms with van der Waals surface area (Å²) in [6.07, 6.45) is 0.695. The Labute approximate surface area is 168 Å². The number of nitrogens with zero attached hydrogens (tertiary/aromatic N) is 3. The lowest BCUT2D eigenvalue weighted by Crippen LogP contribution is -2.39. The molecule has 1 aromatic heterocycles. The van der Waals surface area contributed by atoms with Gasteiger partial charge in [0.1, 0.15) is 18.1 Å². The predicted molar refractivity (Wildman–Crippen MR) is 106 cm³/mol. The summed E-state index contributed by atoms with van der Waals surface area (Å²) in [6.45, 7) is 5.28. The molecule has 3 rings (SSSR count). The number of esters is 1. The highest BCUT2D eigenvalue weighted by Crippen LogP contribution is 2.30. The largest absolute Gasteiger partial charge is 0.491 e. The number of anilines is 2. The molecular formula is C20H24N4O5. The summed E-state index contributed by atoms with van der Waals surface area (Å²) in [7, 11) is 0. The van der Waals surface area contributed by atoms with Crippen molar-refractivity contribution in [2.24, 2.45) is 0 Å². The maximum Gasteiger partial charge on any atom is 0.326 e. The van der Waals surface area contributed by atoms with Gasteiger partial charge in [0, 0.05) is 12.1 Å². The summed E-state index contributed by atoms with van der Waals surface area (Å²) < 4.78 is 12.5. The molecule has 1 N–H and O–H groups in total. The van der Waals surface area contributed by atoms with Gasteiger partial charge in [0.15, 0.2) is 6.10 Å². The summed E-state index contributed by atoms with van der Waals surface area (Å²) in [6, 6.07) is 8.72. The van der Waals surface area contributed by atoms with E-state index >= 15 is 0 Å². The maximum atomic E-state index is 12.4. The summed E-state index contributed by atoms with van der Waals surface area (Å²) in [5.74, 6) is -0.368. The van der Waals surface area contributed by atoms with Crippen LogP contribution in [0.2, 0.25) is 0 Å². The van der Waals surface area contributed by atoms with Crippen LogP contribution in [-0.2, 0) is 19.1 Å². The molecule has 1 aliphatic rings. The summed E-state index contributed by atoms with van der Waals surface area (Å²) >= 11 is 0. The molecule has 0 spiro atoms. The van der Waals surface area contributed by atoms with Crippen LogP contribution in [0.25, 0.3) is 0 Å². The van der Waals surface area contributed by atoms with E-state index in [4.69, 9.17) is 9.47 Å². The monoisotopic (exact) mass is 400 g/mol. The minimum Gasteiger partial charge on any atom is -0.491 e. The standard InChI is InChI=1S/C20H24N4O5/c1-13(2)24-17(8-10-21-24)22-20(27)14(3)29-19(26)12-23-15-6-4-5-7-16(15)28-11-9-18(23)25/h4-8,10,13-14H,9,11-12H2,1-3H3,(H,22,27)/t14-/m1/s1. The van der Waals surface area contributed by atoms with Gasteiger partial charge in [-0.2, -0.15) is 5.10 Å². The average molecular weight is 400 g/mol. The lowest BCUT2D eigenvalue weighted by Gasteiger charge is -2.22. The van der Waals surface area contributed by atoms with Crippen LogP contribution in [0.4, 0.5) is 11.5 Å². The van der Waals surface area contributed by atoms with E-state index in [9.17, 15) is 14.4 Å². The second kappa shape index (κ2) is 8.76. The van der Waals surface area contributed by atoms with Gasteiger partial charge >= 0.3 is 5.97 Å². The lowest BCUT2D eigenvalue weighted by atomic mass is 10.2. The van der Waals surface area contributed by atoms with Crippen molar-refractivity contribution in [2.45, 2.75) is 39.3 Å². The van der Waals surface area contributed by atoms with Gasteiger partial charge in [-0.3, -0.25) is 19.3 Å². The Morgan fingerprint density at radius 1 is 1.24 bits per heavy atom. The maximum absolute atomic E-state index is 12.4. The molecule has 1 aliphatic heterocycles. The fourth-order valence-corrected chi connectivity index (χ4v) is 2.96. The number of ether oxygens (including phenoxy) is 2. The molecule has 0 bridgehead atoms. The van der Waals surface area contributed by atoms with E-state index in [1.807, 2.05) is 13.8 Å². The number of rotatable bonds is 6. The van der Waals surface area contributed by atoms with E-state index in [0.717, 1.165) is 0 Å². The number of amides is 2. The van der Waals surface area contributed by atoms with Gasteiger partial charge in [-0.15, -0.1) is 0 Å². The van der Waals surface area contributed by atoms with Crippen LogP contribution in [0.15, 0.2) is 36.5 Å². The third-order valence-electron chi connectivity index (χ3n) is 4.41. The van der Waals surface area contributed by atoms with Crippen LogP contribution in [0, 0.1) is 0 Å². The van der Waals surface area contributed by atoms with E-state index < -0.39 is 18.0 Å². The molecule has 154 valence electrons. The Balaban J connectivity index is 1.63.